The van der Waals surface area contributed by atoms with Crippen molar-refractivity contribution >= 4 is 29.2 Å². The second-order valence-electron chi connectivity index (χ2n) is 6.59. The largest absolute Gasteiger partial charge is 0.383 e. The van der Waals surface area contributed by atoms with Crippen molar-refractivity contribution in [3.63, 3.8) is 0 Å². The van der Waals surface area contributed by atoms with Crippen LogP contribution in [0.3, 0.4) is 0 Å². The van der Waals surface area contributed by atoms with Crippen molar-refractivity contribution in [1.29, 1.82) is 0 Å². The van der Waals surface area contributed by atoms with Crippen LogP contribution in [0.1, 0.15) is 25.3 Å². The lowest BCUT2D eigenvalue weighted by Crippen LogP contribution is -2.43. The predicted molar refractivity (Wildman–Crippen MR) is 110 cm³/mol. The normalized spacial score (nSPS) is 16.7. The van der Waals surface area contributed by atoms with Crippen LogP contribution in [0.2, 0.25) is 10.0 Å². The summed E-state index contributed by atoms with van der Waals surface area (Å²) in [5, 5.41) is 8.08. The fraction of sp³-hybridized carbons (Fsp3) is 0.632. The molecule has 0 spiro atoms. The number of methoxy groups -OCH3 is 1. The molecule has 146 valence electrons. The summed E-state index contributed by atoms with van der Waals surface area (Å²) in [7, 11) is 1.76. The molecule has 0 radical (unpaired) electrons. The van der Waals surface area contributed by atoms with Gasteiger partial charge in [-0.2, -0.15) is 0 Å². The van der Waals surface area contributed by atoms with Gasteiger partial charge in [0.15, 0.2) is 5.96 Å². The smallest absolute Gasteiger partial charge is 0.191 e. The first kappa shape index (κ1) is 21.3. The van der Waals surface area contributed by atoms with E-state index in [9.17, 15) is 0 Å². The van der Waals surface area contributed by atoms with Crippen molar-refractivity contribution in [2.24, 2.45) is 10.9 Å². The van der Waals surface area contributed by atoms with E-state index in [0.29, 0.717) is 22.5 Å². The van der Waals surface area contributed by atoms with Gasteiger partial charge in [0.1, 0.15) is 0 Å². The lowest BCUT2D eigenvalue weighted by atomic mass is 9.97. The molecule has 7 heteroatoms. The Labute approximate surface area is 167 Å². The molecule has 1 heterocycles. The fourth-order valence-corrected chi connectivity index (χ4v) is 3.50. The van der Waals surface area contributed by atoms with Crippen LogP contribution in [0.4, 0.5) is 0 Å². The number of hydrogen-bond donors (Lipinski definition) is 2. The molecular formula is C19H30Cl2N4O. The van der Waals surface area contributed by atoms with Gasteiger partial charge in [0.2, 0.25) is 0 Å². The van der Waals surface area contributed by atoms with Crippen LogP contribution < -0.4 is 10.6 Å². The van der Waals surface area contributed by atoms with Gasteiger partial charge in [0, 0.05) is 36.8 Å². The van der Waals surface area contributed by atoms with Crippen molar-refractivity contribution < 1.29 is 4.74 Å². The molecule has 26 heavy (non-hydrogen) atoms. The Balaban J connectivity index is 1.80. The van der Waals surface area contributed by atoms with Crippen LogP contribution in [-0.2, 0) is 11.3 Å². The molecular weight excluding hydrogens is 371 g/mol. The number of hydrogen-bond acceptors (Lipinski definition) is 3. The van der Waals surface area contributed by atoms with E-state index in [-0.39, 0.29) is 0 Å². The quantitative estimate of drug-likeness (QED) is 0.518. The van der Waals surface area contributed by atoms with Gasteiger partial charge in [-0.15, -0.1) is 0 Å². The number of ether oxygens (including phenoxy) is 1. The molecule has 2 rings (SSSR count). The first-order chi connectivity index (χ1) is 12.6. The lowest BCUT2D eigenvalue weighted by molar-refractivity contribution is 0.121. The van der Waals surface area contributed by atoms with E-state index in [1.807, 2.05) is 12.1 Å². The van der Waals surface area contributed by atoms with E-state index in [2.05, 4.69) is 27.4 Å². The van der Waals surface area contributed by atoms with Gasteiger partial charge in [0.25, 0.3) is 0 Å². The van der Waals surface area contributed by atoms with E-state index < -0.39 is 0 Å². The minimum absolute atomic E-state index is 0.529. The maximum Gasteiger partial charge on any atom is 0.191 e. The minimum atomic E-state index is 0.529. The number of piperidine rings is 1. The van der Waals surface area contributed by atoms with Crippen LogP contribution in [0.5, 0.6) is 0 Å². The summed E-state index contributed by atoms with van der Waals surface area (Å²) in [6, 6.07) is 5.52. The summed E-state index contributed by atoms with van der Waals surface area (Å²) < 4.78 is 5.16. The molecule has 0 saturated carbocycles. The lowest BCUT2D eigenvalue weighted by Gasteiger charge is -2.32. The molecule has 1 saturated heterocycles. The number of nitrogens with zero attached hydrogens (tertiary/aromatic N) is 2. The molecule has 1 aromatic carbocycles. The third-order valence-corrected chi connectivity index (χ3v) is 5.23. The number of halogens is 2. The first-order valence-electron chi connectivity index (χ1n) is 9.29. The molecule has 0 amide bonds. The van der Waals surface area contributed by atoms with E-state index in [1.54, 1.807) is 13.2 Å². The number of guanidine groups is 1. The second-order valence-corrected chi connectivity index (χ2v) is 7.43. The number of rotatable bonds is 8. The summed E-state index contributed by atoms with van der Waals surface area (Å²) in [4.78, 5) is 7.13. The number of likely N-dealkylation sites (tertiary alicyclic amines) is 1. The van der Waals surface area contributed by atoms with Gasteiger partial charge in [-0.3, -0.25) is 0 Å². The molecule has 1 aromatic rings. The molecule has 0 bridgehead atoms. The SMILES string of the molecule is CCNC(=NCc1ccc(Cl)cc1Cl)NCC1CCN(CCOC)CC1. The van der Waals surface area contributed by atoms with Gasteiger partial charge >= 0.3 is 0 Å². The van der Waals surface area contributed by atoms with E-state index >= 15 is 0 Å². The van der Waals surface area contributed by atoms with E-state index in [4.69, 9.17) is 27.9 Å². The number of aliphatic imine (C=N–C) groups is 1. The van der Waals surface area contributed by atoms with Gasteiger partial charge in [0.05, 0.1) is 13.2 Å². The van der Waals surface area contributed by atoms with Crippen LogP contribution in [0, 0.1) is 5.92 Å². The van der Waals surface area contributed by atoms with Crippen molar-refractivity contribution in [1.82, 2.24) is 15.5 Å². The van der Waals surface area contributed by atoms with Gasteiger partial charge in [-0.1, -0.05) is 29.3 Å². The molecule has 0 aromatic heterocycles. The Hall–Kier alpha value is -1.01. The molecule has 1 fully saturated rings. The maximum atomic E-state index is 6.23. The fourth-order valence-electron chi connectivity index (χ4n) is 3.03. The topological polar surface area (TPSA) is 48.9 Å². The first-order valence-corrected chi connectivity index (χ1v) is 10.0. The zero-order valence-corrected chi connectivity index (χ0v) is 17.2. The average molecular weight is 401 g/mol. The van der Waals surface area contributed by atoms with E-state index in [1.165, 1.54) is 12.8 Å². The van der Waals surface area contributed by atoms with Crippen molar-refractivity contribution in [3.8, 4) is 0 Å². The Morgan fingerprint density at radius 1 is 1.27 bits per heavy atom. The standard InChI is InChI=1S/C19H30Cl2N4O/c1-3-22-19(24-14-16-4-5-17(20)12-18(16)21)23-13-15-6-8-25(9-7-15)10-11-26-2/h4-5,12,15H,3,6-11,13-14H2,1-2H3,(H2,22,23,24). The predicted octanol–water partition coefficient (Wildman–Crippen LogP) is 3.41. The molecule has 2 N–H and O–H groups in total. The second kappa shape index (κ2) is 11.7. The average Bonchev–Trinajstić information content (AvgIpc) is 2.64. The van der Waals surface area contributed by atoms with Crippen molar-refractivity contribution in [2.45, 2.75) is 26.3 Å². The third-order valence-electron chi connectivity index (χ3n) is 4.64. The van der Waals surface area contributed by atoms with Gasteiger partial charge in [-0.25, -0.2) is 4.99 Å². The highest BCUT2D eigenvalue weighted by Gasteiger charge is 2.19. The molecule has 1 aliphatic heterocycles. The molecule has 5 nitrogen and oxygen atoms in total. The monoisotopic (exact) mass is 400 g/mol. The number of nitrogens with one attached hydrogen (secondary N) is 2. The summed E-state index contributed by atoms with van der Waals surface area (Å²) in [6.07, 6.45) is 2.41. The highest BCUT2D eigenvalue weighted by molar-refractivity contribution is 6.35. The Morgan fingerprint density at radius 2 is 2.04 bits per heavy atom. The summed E-state index contributed by atoms with van der Waals surface area (Å²) >= 11 is 12.2. The summed E-state index contributed by atoms with van der Waals surface area (Å²) in [5.74, 6) is 1.51. The highest BCUT2D eigenvalue weighted by atomic mass is 35.5. The van der Waals surface area contributed by atoms with Crippen LogP contribution >= 0.6 is 23.2 Å². The Morgan fingerprint density at radius 3 is 2.69 bits per heavy atom. The molecule has 0 atom stereocenters. The van der Waals surface area contributed by atoms with Crippen LogP contribution in [0.15, 0.2) is 23.2 Å². The summed E-state index contributed by atoms with van der Waals surface area (Å²) in [6.45, 7) is 8.50. The van der Waals surface area contributed by atoms with Crippen molar-refractivity contribution in [3.05, 3.63) is 33.8 Å². The Bertz CT molecular complexity index is 575. The number of benzene rings is 1. The van der Waals surface area contributed by atoms with Gasteiger partial charge in [-0.05, 0) is 56.5 Å². The van der Waals surface area contributed by atoms with Crippen LogP contribution in [-0.4, -0.2) is 57.3 Å². The van der Waals surface area contributed by atoms with E-state index in [0.717, 1.165) is 50.9 Å². The van der Waals surface area contributed by atoms with Crippen molar-refractivity contribution in [2.75, 3.05) is 46.4 Å². The zero-order chi connectivity index (χ0) is 18.8. The Kier molecular flexibility index (Phi) is 9.54. The van der Waals surface area contributed by atoms with Crippen LogP contribution in [0.25, 0.3) is 0 Å². The highest BCUT2D eigenvalue weighted by Crippen LogP contribution is 2.21. The minimum Gasteiger partial charge on any atom is -0.383 e. The molecule has 0 unspecified atom stereocenters. The summed E-state index contributed by atoms with van der Waals surface area (Å²) in [5.41, 5.74) is 0.972. The molecule has 0 aliphatic carbocycles. The molecule has 1 aliphatic rings. The zero-order valence-electron chi connectivity index (χ0n) is 15.7. The third kappa shape index (κ3) is 7.31. The maximum absolute atomic E-state index is 6.23. The van der Waals surface area contributed by atoms with Gasteiger partial charge < -0.3 is 20.3 Å².